The minimum atomic E-state index is -1.51. The van der Waals surface area contributed by atoms with Gasteiger partial charge in [0.25, 0.3) is 5.56 Å². The molecule has 12 nitrogen and oxygen atoms in total. The van der Waals surface area contributed by atoms with Crippen LogP contribution in [0.2, 0.25) is 0 Å². The molecule has 0 saturated heterocycles. The van der Waals surface area contributed by atoms with Crippen molar-refractivity contribution >= 4 is 35.5 Å². The lowest BCUT2D eigenvalue weighted by molar-refractivity contribution is -0.138. The first-order valence-corrected chi connectivity index (χ1v) is 12.6. The van der Waals surface area contributed by atoms with Crippen molar-refractivity contribution in [2.24, 2.45) is 5.73 Å². The average Bonchev–Trinajstić information content (AvgIpc) is 2.92. The quantitative estimate of drug-likeness (QED) is 0.187. The zero-order valence-electron chi connectivity index (χ0n) is 22.4. The van der Waals surface area contributed by atoms with Gasteiger partial charge in [-0.05, 0) is 48.7 Å². The highest BCUT2D eigenvalue weighted by atomic mass is 16.4. The van der Waals surface area contributed by atoms with Gasteiger partial charge in [-0.25, -0.2) is 9.69 Å². The normalized spacial score (nSPS) is 12.2. The fraction of sp³-hybridized carbons (Fsp3) is 0.241. The molecule has 0 aliphatic heterocycles. The summed E-state index contributed by atoms with van der Waals surface area (Å²) in [5, 5.41) is 22.2. The number of ketones is 1. The van der Waals surface area contributed by atoms with Crippen molar-refractivity contribution in [3.63, 3.8) is 0 Å². The van der Waals surface area contributed by atoms with Gasteiger partial charge >= 0.3 is 5.97 Å². The largest absolute Gasteiger partial charge is 0.508 e. The number of carboxylic acid groups (broad SMARTS) is 1. The standard InChI is InChI=1S/C29H30N4O8/c1-17(35)24-15-23(37)10-8-20(24)13-25(30)28(40)31-26-11-9-21(12-19-6-4-3-5-7-19)33(29(26)41)32(18(2)36)22(16-34)14-27(38)39/h3-11,15-16,22,25,37H,12-14,30H2,1-2H3,(H,31,40)(H,38,39)/t22-,25-/m0/s1. The molecule has 41 heavy (non-hydrogen) atoms. The Hall–Kier alpha value is -5.10. The fourth-order valence-corrected chi connectivity index (χ4v) is 4.36. The van der Waals surface area contributed by atoms with Gasteiger partial charge in [0.05, 0.1) is 12.5 Å². The molecule has 214 valence electrons. The molecule has 0 unspecified atom stereocenters. The fourth-order valence-electron chi connectivity index (χ4n) is 4.36. The van der Waals surface area contributed by atoms with Crippen molar-refractivity contribution in [2.75, 3.05) is 10.3 Å². The number of aromatic hydroxyl groups is 1. The number of phenols is 1. The Morgan fingerprint density at radius 1 is 1.05 bits per heavy atom. The Morgan fingerprint density at radius 2 is 1.73 bits per heavy atom. The topological polar surface area (TPSA) is 189 Å². The van der Waals surface area contributed by atoms with Gasteiger partial charge in [0.15, 0.2) is 5.78 Å². The van der Waals surface area contributed by atoms with Gasteiger partial charge in [-0.3, -0.25) is 24.0 Å². The third-order valence-electron chi connectivity index (χ3n) is 6.27. The first-order valence-electron chi connectivity index (χ1n) is 12.6. The van der Waals surface area contributed by atoms with Gasteiger partial charge in [0, 0.05) is 24.6 Å². The molecule has 12 heteroatoms. The number of carbonyl (C=O) groups excluding carboxylic acids is 4. The second-order valence-corrected chi connectivity index (χ2v) is 9.38. The van der Waals surface area contributed by atoms with Gasteiger partial charge in [-0.2, -0.15) is 0 Å². The number of hydrogen-bond donors (Lipinski definition) is 4. The maximum absolute atomic E-state index is 13.7. The molecule has 5 N–H and O–H groups in total. The number of nitrogens with one attached hydrogen (secondary N) is 1. The second kappa shape index (κ2) is 13.3. The number of amides is 2. The SMILES string of the molecule is CC(=O)c1cc(O)ccc1C[C@H](N)C(=O)Nc1ccc(Cc2ccccc2)n(N(C(C)=O)[C@H](C=O)CC(=O)O)c1=O. The highest BCUT2D eigenvalue weighted by molar-refractivity contribution is 5.97. The number of aliphatic carboxylic acids is 1. The number of carbonyl (C=O) groups is 5. The summed E-state index contributed by atoms with van der Waals surface area (Å²) < 4.78 is 0.895. The number of rotatable bonds is 12. The lowest BCUT2D eigenvalue weighted by Gasteiger charge is -2.30. The smallest absolute Gasteiger partial charge is 0.305 e. The van der Waals surface area contributed by atoms with E-state index >= 15 is 0 Å². The van der Waals surface area contributed by atoms with E-state index in [0.717, 1.165) is 22.2 Å². The molecule has 0 bridgehead atoms. The zero-order chi connectivity index (χ0) is 30.3. The summed E-state index contributed by atoms with van der Waals surface area (Å²) in [7, 11) is 0. The number of phenolic OH excluding ortho intramolecular Hbond substituents is 1. The number of nitrogens with two attached hydrogens (primary N) is 1. The van der Waals surface area contributed by atoms with Gasteiger partial charge in [-0.1, -0.05) is 36.4 Å². The molecule has 0 radical (unpaired) electrons. The van der Waals surface area contributed by atoms with E-state index in [1.165, 1.54) is 37.3 Å². The number of carboxylic acids is 1. The Labute approximate surface area is 235 Å². The average molecular weight is 563 g/mol. The Balaban J connectivity index is 2.02. The van der Waals surface area contributed by atoms with Crippen molar-refractivity contribution < 1.29 is 34.2 Å². The highest BCUT2D eigenvalue weighted by Gasteiger charge is 2.29. The molecule has 1 aromatic heterocycles. The summed E-state index contributed by atoms with van der Waals surface area (Å²) >= 11 is 0. The van der Waals surface area contributed by atoms with Crippen LogP contribution in [0, 0.1) is 0 Å². The van der Waals surface area contributed by atoms with Crippen LogP contribution >= 0.6 is 0 Å². The highest BCUT2D eigenvalue weighted by Crippen LogP contribution is 2.19. The van der Waals surface area contributed by atoms with E-state index in [-0.39, 0.29) is 47.6 Å². The molecule has 0 aliphatic carbocycles. The third-order valence-corrected chi connectivity index (χ3v) is 6.27. The van der Waals surface area contributed by atoms with Crippen LogP contribution in [-0.4, -0.2) is 56.8 Å². The van der Waals surface area contributed by atoms with Gasteiger partial charge in [0.1, 0.15) is 23.8 Å². The number of anilines is 1. The van der Waals surface area contributed by atoms with Crippen LogP contribution in [0.4, 0.5) is 5.69 Å². The molecule has 2 amide bonds. The van der Waals surface area contributed by atoms with Crippen molar-refractivity contribution in [2.45, 2.75) is 45.2 Å². The molecule has 0 saturated carbocycles. The summed E-state index contributed by atoms with van der Waals surface area (Å²) in [6, 6.07) is 13.1. The number of aldehydes is 1. The van der Waals surface area contributed by atoms with E-state index in [0.29, 0.717) is 5.56 Å². The zero-order valence-corrected chi connectivity index (χ0v) is 22.4. The van der Waals surface area contributed by atoms with Crippen LogP contribution in [-0.2, 0) is 32.0 Å². The molecule has 2 atom stereocenters. The Bertz CT molecular complexity index is 1530. The van der Waals surface area contributed by atoms with Crippen LogP contribution in [0.15, 0.2) is 65.5 Å². The van der Waals surface area contributed by atoms with Crippen LogP contribution < -0.4 is 21.6 Å². The molecule has 0 spiro atoms. The first-order chi connectivity index (χ1) is 19.4. The minimum absolute atomic E-state index is 0.0906. The molecule has 0 aliphatic rings. The van der Waals surface area contributed by atoms with Crippen LogP contribution in [0.1, 0.15) is 47.4 Å². The first kappa shape index (κ1) is 30.4. The van der Waals surface area contributed by atoms with E-state index in [1.54, 1.807) is 30.3 Å². The summed E-state index contributed by atoms with van der Waals surface area (Å²) in [4.78, 5) is 74.7. The van der Waals surface area contributed by atoms with Gasteiger partial charge < -0.3 is 26.1 Å². The Morgan fingerprint density at radius 3 is 2.32 bits per heavy atom. The number of benzene rings is 2. The van der Waals surface area contributed by atoms with Gasteiger partial charge in [-0.15, -0.1) is 0 Å². The predicted octanol–water partition coefficient (Wildman–Crippen LogP) is 1.38. The lowest BCUT2D eigenvalue weighted by Crippen LogP contribution is -2.54. The molecule has 3 aromatic rings. The monoisotopic (exact) mass is 562 g/mol. The van der Waals surface area contributed by atoms with Crippen molar-refractivity contribution in [3.05, 3.63) is 93.4 Å². The lowest BCUT2D eigenvalue weighted by atomic mass is 9.97. The van der Waals surface area contributed by atoms with E-state index in [9.17, 15) is 39.0 Å². The molecule has 2 aromatic carbocycles. The molecular weight excluding hydrogens is 532 g/mol. The van der Waals surface area contributed by atoms with Crippen molar-refractivity contribution in [3.8, 4) is 5.75 Å². The maximum atomic E-state index is 13.7. The summed E-state index contributed by atoms with van der Waals surface area (Å²) in [5.41, 5.74) is 6.55. The van der Waals surface area contributed by atoms with E-state index in [2.05, 4.69) is 5.32 Å². The molecular formula is C29H30N4O8. The summed E-state index contributed by atoms with van der Waals surface area (Å²) in [6.45, 7) is 2.39. The van der Waals surface area contributed by atoms with Crippen molar-refractivity contribution in [1.29, 1.82) is 0 Å². The number of Topliss-reactive ketones (excluding diaryl/α,β-unsaturated/α-hetero) is 1. The maximum Gasteiger partial charge on any atom is 0.305 e. The molecule has 1 heterocycles. The summed E-state index contributed by atoms with van der Waals surface area (Å²) in [6.07, 6.45) is -0.444. The molecule has 3 rings (SSSR count). The number of hydrogen-bond acceptors (Lipinski definition) is 8. The number of nitrogens with zero attached hydrogens (tertiary/aromatic N) is 2. The minimum Gasteiger partial charge on any atom is -0.508 e. The van der Waals surface area contributed by atoms with Crippen LogP contribution in [0.3, 0.4) is 0 Å². The van der Waals surface area contributed by atoms with E-state index < -0.39 is 41.8 Å². The Kier molecular flexibility index (Phi) is 9.88. The van der Waals surface area contributed by atoms with E-state index in [1.807, 2.05) is 0 Å². The number of aromatic nitrogens is 1. The number of pyridine rings is 1. The second-order valence-electron chi connectivity index (χ2n) is 9.38. The predicted molar refractivity (Wildman–Crippen MR) is 149 cm³/mol. The van der Waals surface area contributed by atoms with E-state index in [4.69, 9.17) is 5.73 Å². The summed E-state index contributed by atoms with van der Waals surface area (Å²) in [5.74, 6) is -3.38. The van der Waals surface area contributed by atoms with Crippen LogP contribution in [0.25, 0.3) is 0 Å². The van der Waals surface area contributed by atoms with Crippen molar-refractivity contribution in [1.82, 2.24) is 4.68 Å². The third kappa shape index (κ3) is 7.51. The molecule has 0 fully saturated rings. The van der Waals surface area contributed by atoms with Gasteiger partial charge in [0.2, 0.25) is 11.8 Å². The van der Waals surface area contributed by atoms with Crippen LogP contribution in [0.5, 0.6) is 5.75 Å².